The van der Waals surface area contributed by atoms with Crippen LogP contribution in [0.15, 0.2) is 42.6 Å². The molecule has 22 heavy (non-hydrogen) atoms. The van der Waals surface area contributed by atoms with Gasteiger partial charge in [0, 0.05) is 30.5 Å². The summed E-state index contributed by atoms with van der Waals surface area (Å²) in [5.41, 5.74) is 2.03. The Morgan fingerprint density at radius 3 is 2.45 bits per heavy atom. The molecule has 1 aromatic heterocycles. The van der Waals surface area contributed by atoms with Crippen molar-refractivity contribution in [1.29, 1.82) is 0 Å². The van der Waals surface area contributed by atoms with Crippen molar-refractivity contribution in [1.82, 2.24) is 4.98 Å². The van der Waals surface area contributed by atoms with E-state index in [1.807, 2.05) is 24.3 Å². The Balaban J connectivity index is 1.66. The molecule has 0 unspecified atom stereocenters. The predicted octanol–water partition coefficient (Wildman–Crippen LogP) is 2.57. The first-order valence-electron chi connectivity index (χ1n) is 7.02. The minimum atomic E-state index is -0.464. The zero-order chi connectivity index (χ0) is 15.4. The highest BCUT2D eigenvalue weighted by Crippen LogP contribution is 2.21. The lowest BCUT2D eigenvalue weighted by molar-refractivity contribution is -0.385. The fourth-order valence-electron chi connectivity index (χ4n) is 2.29. The maximum absolute atomic E-state index is 10.6. The Morgan fingerprint density at radius 1 is 1.14 bits per heavy atom. The van der Waals surface area contributed by atoms with E-state index in [2.05, 4.69) is 15.2 Å². The molecule has 1 aliphatic rings. The van der Waals surface area contributed by atoms with E-state index in [-0.39, 0.29) is 5.69 Å². The molecule has 1 aromatic carbocycles. The smallest absolute Gasteiger partial charge is 0.287 e. The van der Waals surface area contributed by atoms with Crippen LogP contribution >= 0.6 is 0 Å². The average molecular weight is 300 g/mol. The molecule has 0 radical (unpaired) electrons. The van der Waals surface area contributed by atoms with Crippen LogP contribution < -0.4 is 10.2 Å². The van der Waals surface area contributed by atoms with E-state index >= 15 is 0 Å². The number of aromatic nitrogens is 1. The standard InChI is InChI=1S/C15H16N4O3/c20-19(21)14-5-6-15(16-11-14)17-12-1-3-13(4-2-12)18-7-9-22-10-8-18/h1-6,11H,7-10H2,(H,16,17). The second-order valence-electron chi connectivity index (χ2n) is 4.93. The van der Waals surface area contributed by atoms with Crippen molar-refractivity contribution in [2.24, 2.45) is 0 Å². The first-order chi connectivity index (χ1) is 10.7. The molecule has 1 fully saturated rings. The largest absolute Gasteiger partial charge is 0.378 e. The number of nitrogens with zero attached hydrogens (tertiary/aromatic N) is 3. The lowest BCUT2D eigenvalue weighted by atomic mass is 10.2. The van der Waals surface area contributed by atoms with Gasteiger partial charge < -0.3 is 15.0 Å². The Bertz CT molecular complexity index is 637. The molecule has 1 saturated heterocycles. The van der Waals surface area contributed by atoms with E-state index in [0.717, 1.165) is 37.7 Å². The van der Waals surface area contributed by atoms with Gasteiger partial charge in [-0.3, -0.25) is 10.1 Å². The van der Waals surface area contributed by atoms with Crippen LogP contribution in [0.4, 0.5) is 22.9 Å². The van der Waals surface area contributed by atoms with E-state index in [4.69, 9.17) is 4.74 Å². The zero-order valence-corrected chi connectivity index (χ0v) is 11.9. The maximum atomic E-state index is 10.6. The van der Waals surface area contributed by atoms with Crippen LogP contribution in [-0.4, -0.2) is 36.2 Å². The molecule has 0 amide bonds. The van der Waals surface area contributed by atoms with Gasteiger partial charge in [-0.05, 0) is 30.3 Å². The van der Waals surface area contributed by atoms with E-state index in [1.54, 1.807) is 6.07 Å². The van der Waals surface area contributed by atoms with E-state index < -0.39 is 4.92 Å². The van der Waals surface area contributed by atoms with Gasteiger partial charge in [0.05, 0.1) is 18.1 Å². The lowest BCUT2D eigenvalue weighted by Crippen LogP contribution is -2.36. The van der Waals surface area contributed by atoms with Crippen LogP contribution in [0.2, 0.25) is 0 Å². The molecule has 114 valence electrons. The summed E-state index contributed by atoms with van der Waals surface area (Å²) >= 11 is 0. The molecule has 1 N–H and O–H groups in total. The summed E-state index contributed by atoms with van der Waals surface area (Å²) in [6.07, 6.45) is 1.24. The molecular formula is C15H16N4O3. The van der Waals surface area contributed by atoms with Crippen molar-refractivity contribution in [3.63, 3.8) is 0 Å². The minimum Gasteiger partial charge on any atom is -0.378 e. The van der Waals surface area contributed by atoms with Crippen molar-refractivity contribution in [3.05, 3.63) is 52.7 Å². The number of benzene rings is 1. The fraction of sp³-hybridized carbons (Fsp3) is 0.267. The number of rotatable bonds is 4. The summed E-state index contributed by atoms with van der Waals surface area (Å²) < 4.78 is 5.34. The fourth-order valence-corrected chi connectivity index (χ4v) is 2.29. The van der Waals surface area contributed by atoms with Crippen molar-refractivity contribution in [2.75, 3.05) is 36.5 Å². The van der Waals surface area contributed by atoms with Gasteiger partial charge in [-0.25, -0.2) is 4.98 Å². The average Bonchev–Trinajstić information content (AvgIpc) is 2.57. The topological polar surface area (TPSA) is 80.5 Å². The van der Waals surface area contributed by atoms with Gasteiger partial charge in [0.15, 0.2) is 0 Å². The second-order valence-corrected chi connectivity index (χ2v) is 4.93. The summed E-state index contributed by atoms with van der Waals surface area (Å²) in [6.45, 7) is 3.31. The highest BCUT2D eigenvalue weighted by molar-refractivity contribution is 5.61. The molecule has 7 heteroatoms. The van der Waals surface area contributed by atoms with E-state index in [0.29, 0.717) is 5.82 Å². The normalized spacial score (nSPS) is 14.6. The third-order valence-corrected chi connectivity index (χ3v) is 3.47. The van der Waals surface area contributed by atoms with Crippen molar-refractivity contribution in [2.45, 2.75) is 0 Å². The molecule has 0 saturated carbocycles. The molecule has 0 bridgehead atoms. The van der Waals surface area contributed by atoms with Crippen LogP contribution in [0.25, 0.3) is 0 Å². The lowest BCUT2D eigenvalue weighted by Gasteiger charge is -2.28. The molecule has 0 aliphatic carbocycles. The van der Waals surface area contributed by atoms with Gasteiger partial charge in [0.1, 0.15) is 12.0 Å². The van der Waals surface area contributed by atoms with Gasteiger partial charge in [-0.2, -0.15) is 0 Å². The van der Waals surface area contributed by atoms with Gasteiger partial charge >= 0.3 is 0 Å². The molecule has 7 nitrogen and oxygen atoms in total. The number of anilines is 3. The summed E-state index contributed by atoms with van der Waals surface area (Å²) in [4.78, 5) is 16.4. The molecule has 1 aliphatic heterocycles. The van der Waals surface area contributed by atoms with Gasteiger partial charge in [-0.15, -0.1) is 0 Å². The van der Waals surface area contributed by atoms with Crippen LogP contribution in [0.3, 0.4) is 0 Å². The van der Waals surface area contributed by atoms with Crippen molar-refractivity contribution >= 4 is 22.9 Å². The van der Waals surface area contributed by atoms with Crippen molar-refractivity contribution < 1.29 is 9.66 Å². The molecule has 0 atom stereocenters. The molecular weight excluding hydrogens is 284 g/mol. The van der Waals surface area contributed by atoms with Crippen LogP contribution in [-0.2, 0) is 4.74 Å². The zero-order valence-electron chi connectivity index (χ0n) is 11.9. The van der Waals surface area contributed by atoms with Crippen LogP contribution in [0.1, 0.15) is 0 Å². The SMILES string of the molecule is O=[N+]([O-])c1ccc(Nc2ccc(N3CCOCC3)cc2)nc1. The highest BCUT2D eigenvalue weighted by Gasteiger charge is 2.11. The molecule has 0 spiro atoms. The Morgan fingerprint density at radius 2 is 1.86 bits per heavy atom. The Kier molecular flexibility index (Phi) is 4.15. The summed E-state index contributed by atoms with van der Waals surface area (Å²) in [5, 5.41) is 13.7. The minimum absolute atomic E-state index is 0.0202. The number of ether oxygens (including phenoxy) is 1. The van der Waals surface area contributed by atoms with Crippen LogP contribution in [0, 0.1) is 10.1 Å². The quantitative estimate of drug-likeness (QED) is 0.690. The third-order valence-electron chi connectivity index (χ3n) is 3.47. The predicted molar refractivity (Wildman–Crippen MR) is 83.6 cm³/mol. The Labute approximate surface area is 127 Å². The monoisotopic (exact) mass is 300 g/mol. The van der Waals surface area contributed by atoms with Gasteiger partial charge in [0.2, 0.25) is 0 Å². The Hall–Kier alpha value is -2.67. The third kappa shape index (κ3) is 3.32. The van der Waals surface area contributed by atoms with Gasteiger partial charge in [0.25, 0.3) is 5.69 Å². The summed E-state index contributed by atoms with van der Waals surface area (Å²) in [5.74, 6) is 0.574. The number of hydrogen-bond acceptors (Lipinski definition) is 6. The number of morpholine rings is 1. The van der Waals surface area contributed by atoms with Gasteiger partial charge in [-0.1, -0.05) is 0 Å². The first kappa shape index (κ1) is 14.3. The van der Waals surface area contributed by atoms with E-state index in [1.165, 1.54) is 12.3 Å². The number of hydrogen-bond donors (Lipinski definition) is 1. The first-order valence-corrected chi connectivity index (χ1v) is 7.02. The maximum Gasteiger partial charge on any atom is 0.287 e. The molecule has 2 heterocycles. The summed E-state index contributed by atoms with van der Waals surface area (Å²) in [7, 11) is 0. The van der Waals surface area contributed by atoms with Crippen LogP contribution in [0.5, 0.6) is 0 Å². The number of nitro groups is 1. The molecule has 3 rings (SSSR count). The second kappa shape index (κ2) is 6.40. The number of pyridine rings is 1. The molecule has 2 aromatic rings. The van der Waals surface area contributed by atoms with Crippen molar-refractivity contribution in [3.8, 4) is 0 Å². The highest BCUT2D eigenvalue weighted by atomic mass is 16.6. The van der Waals surface area contributed by atoms with E-state index in [9.17, 15) is 10.1 Å². The number of nitrogens with one attached hydrogen (secondary N) is 1. The summed E-state index contributed by atoms with van der Waals surface area (Å²) in [6, 6.07) is 11.0.